The maximum atomic E-state index is 11.1. The SMILES string of the molecule is C[C@@H]1CN(C)[C@@H](C)C(=O)N1. The Morgan fingerprint density at radius 3 is 2.70 bits per heavy atom. The van der Waals surface area contributed by atoms with E-state index in [9.17, 15) is 4.79 Å². The van der Waals surface area contributed by atoms with E-state index in [1.807, 2.05) is 20.9 Å². The second-order valence-electron chi connectivity index (χ2n) is 3.03. The van der Waals surface area contributed by atoms with Gasteiger partial charge in [-0.1, -0.05) is 0 Å². The molecule has 1 saturated heterocycles. The predicted molar refractivity (Wildman–Crippen MR) is 39.7 cm³/mol. The molecule has 0 radical (unpaired) electrons. The van der Waals surface area contributed by atoms with E-state index >= 15 is 0 Å². The van der Waals surface area contributed by atoms with Crippen LogP contribution in [0.3, 0.4) is 0 Å². The van der Waals surface area contributed by atoms with E-state index in [-0.39, 0.29) is 11.9 Å². The second kappa shape index (κ2) is 2.58. The third-order valence-corrected chi connectivity index (χ3v) is 1.99. The Balaban J connectivity index is 2.57. The lowest BCUT2D eigenvalue weighted by molar-refractivity contribution is -0.128. The molecule has 1 heterocycles. The molecule has 10 heavy (non-hydrogen) atoms. The van der Waals surface area contributed by atoms with Crippen LogP contribution in [0.2, 0.25) is 0 Å². The van der Waals surface area contributed by atoms with Gasteiger partial charge < -0.3 is 5.32 Å². The van der Waals surface area contributed by atoms with E-state index in [0.29, 0.717) is 6.04 Å². The molecule has 3 heteroatoms. The molecule has 3 nitrogen and oxygen atoms in total. The summed E-state index contributed by atoms with van der Waals surface area (Å²) >= 11 is 0. The summed E-state index contributed by atoms with van der Waals surface area (Å²) in [6, 6.07) is 0.338. The molecule has 0 saturated carbocycles. The average molecular weight is 142 g/mol. The highest BCUT2D eigenvalue weighted by Gasteiger charge is 2.25. The molecular weight excluding hydrogens is 128 g/mol. The Hall–Kier alpha value is -0.570. The smallest absolute Gasteiger partial charge is 0.237 e. The summed E-state index contributed by atoms with van der Waals surface area (Å²) in [4.78, 5) is 13.1. The standard InChI is InChI=1S/C7H14N2O/c1-5-4-9(3)6(2)7(10)8-5/h5-6H,4H2,1-3H3,(H,8,10)/t5-,6+/m1/s1. The van der Waals surface area contributed by atoms with Crippen LogP contribution in [0.4, 0.5) is 0 Å². The fourth-order valence-corrected chi connectivity index (χ4v) is 1.20. The predicted octanol–water partition coefficient (Wildman–Crippen LogP) is -0.175. The first-order valence-electron chi connectivity index (χ1n) is 3.62. The summed E-state index contributed by atoms with van der Waals surface area (Å²) in [7, 11) is 1.97. The summed E-state index contributed by atoms with van der Waals surface area (Å²) in [5, 5.41) is 2.88. The summed E-state index contributed by atoms with van der Waals surface area (Å²) in [6.07, 6.45) is 0. The highest BCUT2D eigenvalue weighted by molar-refractivity contribution is 5.82. The van der Waals surface area contributed by atoms with Gasteiger partial charge in [-0.3, -0.25) is 9.69 Å². The van der Waals surface area contributed by atoms with Crippen molar-refractivity contribution in [2.45, 2.75) is 25.9 Å². The zero-order valence-electron chi connectivity index (χ0n) is 6.72. The number of hydrogen-bond acceptors (Lipinski definition) is 2. The fourth-order valence-electron chi connectivity index (χ4n) is 1.20. The van der Waals surface area contributed by atoms with Gasteiger partial charge in [0, 0.05) is 12.6 Å². The molecule has 0 unspecified atom stereocenters. The Kier molecular flexibility index (Phi) is 1.94. The normalized spacial score (nSPS) is 35.7. The number of nitrogens with zero attached hydrogens (tertiary/aromatic N) is 1. The monoisotopic (exact) mass is 142 g/mol. The number of rotatable bonds is 0. The molecule has 58 valence electrons. The summed E-state index contributed by atoms with van der Waals surface area (Å²) in [6.45, 7) is 4.88. The first kappa shape index (κ1) is 7.54. The molecule has 0 aromatic carbocycles. The summed E-state index contributed by atoms with van der Waals surface area (Å²) in [5.74, 6) is 0.140. The van der Waals surface area contributed by atoms with Crippen molar-refractivity contribution in [2.75, 3.05) is 13.6 Å². The van der Waals surface area contributed by atoms with Crippen molar-refractivity contribution < 1.29 is 4.79 Å². The van der Waals surface area contributed by atoms with E-state index in [1.165, 1.54) is 0 Å². The van der Waals surface area contributed by atoms with Crippen molar-refractivity contribution in [3.8, 4) is 0 Å². The van der Waals surface area contributed by atoms with Gasteiger partial charge in [-0.25, -0.2) is 0 Å². The molecule has 1 fully saturated rings. The fraction of sp³-hybridized carbons (Fsp3) is 0.857. The number of nitrogens with one attached hydrogen (secondary N) is 1. The van der Waals surface area contributed by atoms with Gasteiger partial charge in [-0.05, 0) is 20.9 Å². The van der Waals surface area contributed by atoms with Gasteiger partial charge in [0.15, 0.2) is 0 Å². The van der Waals surface area contributed by atoms with Gasteiger partial charge in [-0.2, -0.15) is 0 Å². The number of amides is 1. The number of hydrogen-bond donors (Lipinski definition) is 1. The van der Waals surface area contributed by atoms with Crippen LogP contribution in [0.15, 0.2) is 0 Å². The Labute approximate surface area is 61.4 Å². The molecular formula is C7H14N2O. The second-order valence-corrected chi connectivity index (χ2v) is 3.03. The summed E-state index contributed by atoms with van der Waals surface area (Å²) in [5.41, 5.74) is 0. The van der Waals surface area contributed by atoms with Crippen LogP contribution in [0.5, 0.6) is 0 Å². The third kappa shape index (κ3) is 1.29. The molecule has 0 aliphatic carbocycles. The van der Waals surface area contributed by atoms with Gasteiger partial charge >= 0.3 is 0 Å². The minimum atomic E-state index is 0.0381. The maximum absolute atomic E-state index is 11.1. The first-order valence-corrected chi connectivity index (χ1v) is 3.62. The molecule has 1 aliphatic heterocycles. The van der Waals surface area contributed by atoms with Crippen LogP contribution in [0.1, 0.15) is 13.8 Å². The van der Waals surface area contributed by atoms with Gasteiger partial charge in [0.2, 0.25) is 5.91 Å². The Morgan fingerprint density at radius 1 is 1.60 bits per heavy atom. The van der Waals surface area contributed by atoms with E-state index in [0.717, 1.165) is 6.54 Å². The van der Waals surface area contributed by atoms with E-state index < -0.39 is 0 Å². The van der Waals surface area contributed by atoms with Crippen molar-refractivity contribution in [3.05, 3.63) is 0 Å². The largest absolute Gasteiger partial charge is 0.351 e. The van der Waals surface area contributed by atoms with Crippen molar-refractivity contribution in [1.82, 2.24) is 10.2 Å². The molecule has 2 atom stereocenters. The van der Waals surface area contributed by atoms with E-state index in [2.05, 4.69) is 10.2 Å². The van der Waals surface area contributed by atoms with Crippen LogP contribution in [0.25, 0.3) is 0 Å². The minimum absolute atomic E-state index is 0.0381. The van der Waals surface area contributed by atoms with Crippen molar-refractivity contribution in [2.24, 2.45) is 0 Å². The molecule has 0 aromatic rings. The molecule has 1 amide bonds. The lowest BCUT2D eigenvalue weighted by Crippen LogP contribution is -2.56. The van der Waals surface area contributed by atoms with Crippen molar-refractivity contribution >= 4 is 5.91 Å². The van der Waals surface area contributed by atoms with Crippen LogP contribution in [-0.2, 0) is 4.79 Å². The highest BCUT2D eigenvalue weighted by Crippen LogP contribution is 2.03. The Bertz CT molecular complexity index is 147. The maximum Gasteiger partial charge on any atom is 0.237 e. The average Bonchev–Trinajstić information content (AvgIpc) is 1.82. The van der Waals surface area contributed by atoms with Gasteiger partial charge in [0.1, 0.15) is 0 Å². The van der Waals surface area contributed by atoms with Gasteiger partial charge in [-0.15, -0.1) is 0 Å². The zero-order chi connectivity index (χ0) is 7.72. The molecule has 0 bridgehead atoms. The van der Waals surface area contributed by atoms with Gasteiger partial charge in [0.25, 0.3) is 0 Å². The topological polar surface area (TPSA) is 32.3 Å². The van der Waals surface area contributed by atoms with Crippen LogP contribution >= 0.6 is 0 Å². The summed E-state index contributed by atoms with van der Waals surface area (Å²) < 4.78 is 0. The van der Waals surface area contributed by atoms with E-state index in [4.69, 9.17) is 0 Å². The highest BCUT2D eigenvalue weighted by atomic mass is 16.2. The number of carbonyl (C=O) groups is 1. The van der Waals surface area contributed by atoms with Crippen LogP contribution in [-0.4, -0.2) is 36.5 Å². The number of likely N-dealkylation sites (N-methyl/N-ethyl adjacent to an activating group) is 1. The number of carbonyl (C=O) groups excluding carboxylic acids is 1. The van der Waals surface area contributed by atoms with Gasteiger partial charge in [0.05, 0.1) is 6.04 Å². The molecule has 1 aliphatic rings. The molecule has 1 rings (SSSR count). The lowest BCUT2D eigenvalue weighted by Gasteiger charge is -2.33. The quantitative estimate of drug-likeness (QED) is 0.509. The van der Waals surface area contributed by atoms with Crippen LogP contribution < -0.4 is 5.32 Å². The molecule has 0 spiro atoms. The first-order chi connectivity index (χ1) is 4.61. The minimum Gasteiger partial charge on any atom is -0.351 e. The van der Waals surface area contributed by atoms with Crippen molar-refractivity contribution in [1.29, 1.82) is 0 Å². The van der Waals surface area contributed by atoms with Crippen molar-refractivity contribution in [3.63, 3.8) is 0 Å². The van der Waals surface area contributed by atoms with E-state index in [1.54, 1.807) is 0 Å². The molecule has 0 aromatic heterocycles. The zero-order valence-corrected chi connectivity index (χ0v) is 6.72. The Morgan fingerprint density at radius 2 is 2.20 bits per heavy atom. The third-order valence-electron chi connectivity index (χ3n) is 1.99. The molecule has 1 N–H and O–H groups in total. The lowest BCUT2D eigenvalue weighted by atomic mass is 10.1. The van der Waals surface area contributed by atoms with Crippen LogP contribution in [0, 0.1) is 0 Å². The number of piperazine rings is 1.